The summed E-state index contributed by atoms with van der Waals surface area (Å²) in [6.07, 6.45) is 1.38. The van der Waals surface area contributed by atoms with Crippen molar-refractivity contribution in [1.82, 2.24) is 14.5 Å². The van der Waals surface area contributed by atoms with Crippen molar-refractivity contribution in [2.45, 2.75) is 6.54 Å². The van der Waals surface area contributed by atoms with E-state index in [4.69, 9.17) is 11.6 Å². The number of amides is 1. The summed E-state index contributed by atoms with van der Waals surface area (Å²) in [7, 11) is 0. The molecule has 4 aromatic rings. The zero-order chi connectivity index (χ0) is 18.8. The van der Waals surface area contributed by atoms with Gasteiger partial charge in [0.05, 0.1) is 22.9 Å². The SMILES string of the molecule is O=C(Cn1cnc2ccccc2c1=O)Nc1nc(-c2ccccc2Cl)cs1. The van der Waals surface area contributed by atoms with Crippen LogP contribution in [0.1, 0.15) is 0 Å². The predicted octanol–water partition coefficient (Wildman–Crippen LogP) is 3.81. The van der Waals surface area contributed by atoms with E-state index in [1.54, 1.807) is 24.3 Å². The van der Waals surface area contributed by atoms with Gasteiger partial charge in [-0.3, -0.25) is 14.2 Å². The first-order valence-electron chi connectivity index (χ1n) is 8.06. The van der Waals surface area contributed by atoms with E-state index in [0.29, 0.717) is 26.8 Å². The molecule has 0 aliphatic rings. The number of benzene rings is 2. The van der Waals surface area contributed by atoms with Crippen molar-refractivity contribution in [2.75, 3.05) is 5.32 Å². The van der Waals surface area contributed by atoms with Gasteiger partial charge in [0, 0.05) is 16.0 Å². The van der Waals surface area contributed by atoms with Crippen molar-refractivity contribution in [3.8, 4) is 11.3 Å². The lowest BCUT2D eigenvalue weighted by atomic mass is 10.2. The zero-order valence-corrected chi connectivity index (χ0v) is 15.5. The minimum atomic E-state index is -0.353. The molecule has 134 valence electrons. The smallest absolute Gasteiger partial charge is 0.261 e. The second kappa shape index (κ2) is 7.30. The summed E-state index contributed by atoms with van der Waals surface area (Å²) in [6, 6.07) is 14.4. The van der Waals surface area contributed by atoms with Gasteiger partial charge in [-0.2, -0.15) is 0 Å². The third kappa shape index (κ3) is 3.60. The van der Waals surface area contributed by atoms with Gasteiger partial charge < -0.3 is 5.32 Å². The van der Waals surface area contributed by atoms with Gasteiger partial charge in [-0.05, 0) is 18.2 Å². The van der Waals surface area contributed by atoms with Crippen LogP contribution in [0.4, 0.5) is 5.13 Å². The lowest BCUT2D eigenvalue weighted by Gasteiger charge is -2.06. The van der Waals surface area contributed by atoms with E-state index in [2.05, 4.69) is 15.3 Å². The second-order valence-corrected chi connectivity index (χ2v) is 7.03. The van der Waals surface area contributed by atoms with E-state index in [9.17, 15) is 9.59 Å². The Morgan fingerprint density at radius 3 is 2.78 bits per heavy atom. The molecule has 8 heteroatoms. The number of nitrogens with zero attached hydrogens (tertiary/aromatic N) is 3. The summed E-state index contributed by atoms with van der Waals surface area (Å²) in [4.78, 5) is 33.4. The molecule has 6 nitrogen and oxygen atoms in total. The molecule has 0 saturated carbocycles. The third-order valence-electron chi connectivity index (χ3n) is 3.95. The Labute approximate surface area is 163 Å². The molecule has 0 atom stereocenters. The normalized spacial score (nSPS) is 10.9. The molecule has 0 unspecified atom stereocenters. The van der Waals surface area contributed by atoms with Gasteiger partial charge >= 0.3 is 0 Å². The first-order chi connectivity index (χ1) is 13.1. The molecule has 2 heterocycles. The first kappa shape index (κ1) is 17.4. The number of rotatable bonds is 4. The third-order valence-corrected chi connectivity index (χ3v) is 5.03. The minimum absolute atomic E-state index is 0.141. The van der Waals surface area contributed by atoms with E-state index in [1.807, 2.05) is 29.6 Å². The maximum absolute atomic E-state index is 12.5. The summed E-state index contributed by atoms with van der Waals surface area (Å²) < 4.78 is 1.28. The fourth-order valence-electron chi connectivity index (χ4n) is 2.66. The number of carbonyl (C=O) groups is 1. The van der Waals surface area contributed by atoms with Crippen molar-refractivity contribution in [3.05, 3.63) is 75.6 Å². The van der Waals surface area contributed by atoms with Crippen molar-refractivity contribution in [2.24, 2.45) is 0 Å². The van der Waals surface area contributed by atoms with Gasteiger partial charge in [-0.1, -0.05) is 41.9 Å². The zero-order valence-electron chi connectivity index (χ0n) is 13.9. The number of halogens is 1. The Bertz CT molecular complexity index is 1200. The molecular formula is C19H13ClN4O2S. The molecule has 0 aliphatic carbocycles. The molecule has 0 aliphatic heterocycles. The van der Waals surface area contributed by atoms with E-state index in [1.165, 1.54) is 22.2 Å². The Hall–Kier alpha value is -3.03. The summed E-state index contributed by atoms with van der Waals surface area (Å²) in [6.45, 7) is -0.141. The molecule has 2 aromatic carbocycles. The highest BCUT2D eigenvalue weighted by Crippen LogP contribution is 2.30. The van der Waals surface area contributed by atoms with Crippen LogP contribution in [0.15, 0.2) is 65.0 Å². The maximum atomic E-state index is 12.5. The lowest BCUT2D eigenvalue weighted by molar-refractivity contribution is -0.116. The van der Waals surface area contributed by atoms with Gasteiger partial charge in [-0.25, -0.2) is 9.97 Å². The second-order valence-electron chi connectivity index (χ2n) is 5.76. The monoisotopic (exact) mass is 396 g/mol. The highest BCUT2D eigenvalue weighted by atomic mass is 35.5. The van der Waals surface area contributed by atoms with Crippen molar-refractivity contribution in [3.63, 3.8) is 0 Å². The molecule has 0 saturated heterocycles. The number of anilines is 1. The standard InChI is InChI=1S/C19H13ClN4O2S/c20-14-7-3-1-5-12(14)16-10-27-19(22-16)23-17(25)9-24-11-21-15-8-4-2-6-13(15)18(24)26/h1-8,10-11H,9H2,(H,22,23,25). The fourth-order valence-corrected chi connectivity index (χ4v) is 3.62. The Kier molecular flexibility index (Phi) is 4.70. The van der Waals surface area contributed by atoms with E-state index in [-0.39, 0.29) is 18.0 Å². The predicted molar refractivity (Wildman–Crippen MR) is 107 cm³/mol. The summed E-state index contributed by atoms with van der Waals surface area (Å²) in [5, 5.41) is 6.04. The Morgan fingerprint density at radius 2 is 1.93 bits per heavy atom. The maximum Gasteiger partial charge on any atom is 0.261 e. The van der Waals surface area contributed by atoms with Crippen LogP contribution >= 0.6 is 22.9 Å². The summed E-state index contributed by atoms with van der Waals surface area (Å²) in [5.74, 6) is -0.353. The van der Waals surface area contributed by atoms with Gasteiger partial charge in [-0.15, -0.1) is 11.3 Å². The Morgan fingerprint density at radius 1 is 1.15 bits per heavy atom. The highest BCUT2D eigenvalue weighted by Gasteiger charge is 2.12. The van der Waals surface area contributed by atoms with Gasteiger partial charge in [0.15, 0.2) is 5.13 Å². The largest absolute Gasteiger partial charge is 0.300 e. The fraction of sp³-hybridized carbons (Fsp3) is 0.0526. The number of hydrogen-bond donors (Lipinski definition) is 1. The number of aromatic nitrogens is 3. The van der Waals surface area contributed by atoms with Gasteiger partial charge in [0.2, 0.25) is 5.91 Å². The molecule has 2 aromatic heterocycles. The topological polar surface area (TPSA) is 76.9 Å². The lowest BCUT2D eigenvalue weighted by Crippen LogP contribution is -2.27. The summed E-state index contributed by atoms with van der Waals surface area (Å²) in [5.41, 5.74) is 1.83. The first-order valence-corrected chi connectivity index (χ1v) is 9.32. The van der Waals surface area contributed by atoms with E-state index < -0.39 is 0 Å². The number of nitrogens with one attached hydrogen (secondary N) is 1. The average molecular weight is 397 g/mol. The van der Waals surface area contributed by atoms with Crippen LogP contribution in [-0.4, -0.2) is 20.4 Å². The molecule has 1 amide bonds. The average Bonchev–Trinajstić information content (AvgIpc) is 3.12. The molecule has 0 spiro atoms. The molecule has 0 radical (unpaired) electrons. The molecule has 1 N–H and O–H groups in total. The Balaban J connectivity index is 1.52. The van der Waals surface area contributed by atoms with E-state index >= 15 is 0 Å². The molecule has 4 rings (SSSR count). The van der Waals surface area contributed by atoms with Gasteiger partial charge in [0.1, 0.15) is 6.54 Å². The van der Waals surface area contributed by atoms with Crippen LogP contribution in [0.3, 0.4) is 0 Å². The summed E-state index contributed by atoms with van der Waals surface area (Å²) >= 11 is 7.47. The number of hydrogen-bond acceptors (Lipinski definition) is 5. The van der Waals surface area contributed by atoms with Gasteiger partial charge in [0.25, 0.3) is 5.56 Å². The molecule has 0 bridgehead atoms. The van der Waals surface area contributed by atoms with Crippen molar-refractivity contribution in [1.29, 1.82) is 0 Å². The highest BCUT2D eigenvalue weighted by molar-refractivity contribution is 7.14. The van der Waals surface area contributed by atoms with Crippen molar-refractivity contribution >= 4 is 44.9 Å². The van der Waals surface area contributed by atoms with E-state index in [0.717, 1.165) is 5.56 Å². The number of thiazole rings is 1. The van der Waals surface area contributed by atoms with Crippen LogP contribution in [0.2, 0.25) is 5.02 Å². The molecule has 0 fully saturated rings. The van der Waals surface area contributed by atoms with Crippen LogP contribution < -0.4 is 10.9 Å². The van der Waals surface area contributed by atoms with Crippen LogP contribution in [-0.2, 0) is 11.3 Å². The van der Waals surface area contributed by atoms with Crippen molar-refractivity contribution < 1.29 is 4.79 Å². The quantitative estimate of drug-likeness (QED) is 0.569. The minimum Gasteiger partial charge on any atom is -0.300 e. The molecule has 27 heavy (non-hydrogen) atoms. The van der Waals surface area contributed by atoms with Crippen LogP contribution in [0.25, 0.3) is 22.2 Å². The number of para-hydroxylation sites is 1. The number of fused-ring (bicyclic) bond motifs is 1. The van der Waals surface area contributed by atoms with Crippen LogP contribution in [0, 0.1) is 0 Å². The van der Waals surface area contributed by atoms with Crippen LogP contribution in [0.5, 0.6) is 0 Å². The molecular weight excluding hydrogens is 384 g/mol. The number of carbonyl (C=O) groups excluding carboxylic acids is 1.